The number of fused-ring (bicyclic) bond motifs is 1. The Hall–Kier alpha value is -3.31. The Morgan fingerprint density at radius 3 is 2.43 bits per heavy atom. The molecular weight excluding hydrogens is 348 g/mol. The molecule has 5 nitrogen and oxygen atoms in total. The van der Waals surface area contributed by atoms with Crippen molar-refractivity contribution in [2.75, 3.05) is 14.2 Å². The highest BCUT2D eigenvalue weighted by Crippen LogP contribution is 2.26. The summed E-state index contributed by atoms with van der Waals surface area (Å²) in [6.45, 7) is 1.51. The van der Waals surface area contributed by atoms with Gasteiger partial charge in [-0.2, -0.15) is 0 Å². The first-order valence-electron chi connectivity index (χ1n) is 9.20. The smallest absolute Gasteiger partial charge is 0.162 e. The molecular formula is C23H22N4O. The van der Waals surface area contributed by atoms with Gasteiger partial charge in [0.2, 0.25) is 0 Å². The van der Waals surface area contributed by atoms with Gasteiger partial charge in [0.25, 0.3) is 0 Å². The van der Waals surface area contributed by atoms with Crippen LogP contribution in [-0.2, 0) is 13.1 Å². The van der Waals surface area contributed by atoms with E-state index in [1.54, 1.807) is 7.11 Å². The quantitative estimate of drug-likeness (QED) is 0.506. The van der Waals surface area contributed by atoms with Crippen LogP contribution in [0.2, 0.25) is 0 Å². The van der Waals surface area contributed by atoms with E-state index in [0.717, 1.165) is 46.6 Å². The second-order valence-electron chi connectivity index (χ2n) is 6.78. The number of aromatic nitrogens is 3. The molecule has 0 fully saturated rings. The molecule has 140 valence electrons. The van der Waals surface area contributed by atoms with E-state index < -0.39 is 0 Å². The predicted octanol–water partition coefficient (Wildman–Crippen LogP) is 4.33. The molecule has 5 heteroatoms. The molecule has 2 heterocycles. The SMILES string of the molecule is COc1ccccc1-c1ncc(CN(C)Cc2ccc3ccccc3n2)cn1. The topological polar surface area (TPSA) is 51.1 Å². The van der Waals surface area contributed by atoms with E-state index in [9.17, 15) is 0 Å². The van der Waals surface area contributed by atoms with Crippen LogP contribution in [0, 0.1) is 0 Å². The summed E-state index contributed by atoms with van der Waals surface area (Å²) in [4.78, 5) is 16.0. The Balaban J connectivity index is 1.44. The fourth-order valence-electron chi connectivity index (χ4n) is 3.25. The summed E-state index contributed by atoms with van der Waals surface area (Å²) in [6, 6.07) is 20.2. The predicted molar refractivity (Wildman–Crippen MR) is 111 cm³/mol. The second kappa shape index (κ2) is 8.15. The first kappa shape index (κ1) is 18.1. The lowest BCUT2D eigenvalue weighted by atomic mass is 10.2. The fraction of sp³-hybridized carbons (Fsp3) is 0.174. The van der Waals surface area contributed by atoms with Crippen LogP contribution in [0.1, 0.15) is 11.3 Å². The molecule has 0 N–H and O–H groups in total. The van der Waals surface area contributed by atoms with Gasteiger partial charge in [0.15, 0.2) is 5.82 Å². The van der Waals surface area contributed by atoms with Crippen molar-refractivity contribution in [1.82, 2.24) is 19.9 Å². The first-order valence-corrected chi connectivity index (χ1v) is 9.20. The van der Waals surface area contributed by atoms with Crippen molar-refractivity contribution in [1.29, 1.82) is 0 Å². The van der Waals surface area contributed by atoms with Crippen molar-refractivity contribution in [2.24, 2.45) is 0 Å². The molecule has 0 unspecified atom stereocenters. The number of para-hydroxylation sites is 2. The summed E-state index contributed by atoms with van der Waals surface area (Å²) in [5.41, 5.74) is 4.03. The van der Waals surface area contributed by atoms with Crippen LogP contribution in [-0.4, -0.2) is 34.0 Å². The lowest BCUT2D eigenvalue weighted by Crippen LogP contribution is -2.18. The highest BCUT2D eigenvalue weighted by atomic mass is 16.5. The number of pyridine rings is 1. The van der Waals surface area contributed by atoms with Crippen molar-refractivity contribution in [3.63, 3.8) is 0 Å². The minimum absolute atomic E-state index is 0.667. The molecule has 2 aromatic heterocycles. The molecule has 0 bridgehead atoms. The summed E-state index contributed by atoms with van der Waals surface area (Å²) >= 11 is 0. The zero-order valence-electron chi connectivity index (χ0n) is 16.0. The number of nitrogens with zero attached hydrogens (tertiary/aromatic N) is 4. The Labute approximate surface area is 164 Å². The van der Waals surface area contributed by atoms with Crippen LogP contribution in [0.4, 0.5) is 0 Å². The van der Waals surface area contributed by atoms with Crippen LogP contribution >= 0.6 is 0 Å². The van der Waals surface area contributed by atoms with E-state index in [1.165, 1.54) is 0 Å². The Bertz CT molecular complexity index is 1080. The van der Waals surface area contributed by atoms with Gasteiger partial charge in [-0.1, -0.05) is 36.4 Å². The maximum absolute atomic E-state index is 5.40. The molecule has 2 aromatic carbocycles. The van der Waals surface area contributed by atoms with Crippen molar-refractivity contribution in [3.8, 4) is 17.1 Å². The molecule has 0 atom stereocenters. The monoisotopic (exact) mass is 370 g/mol. The lowest BCUT2D eigenvalue weighted by molar-refractivity contribution is 0.314. The van der Waals surface area contributed by atoms with Crippen molar-refractivity contribution in [3.05, 3.63) is 84.3 Å². The summed E-state index contributed by atoms with van der Waals surface area (Å²) in [5, 5.41) is 1.16. The normalized spacial score (nSPS) is 11.1. The highest BCUT2D eigenvalue weighted by molar-refractivity contribution is 5.78. The molecule has 4 aromatic rings. The molecule has 0 saturated carbocycles. The zero-order chi connectivity index (χ0) is 19.3. The number of ether oxygens (including phenoxy) is 1. The van der Waals surface area contributed by atoms with Gasteiger partial charge >= 0.3 is 0 Å². The van der Waals surface area contributed by atoms with Crippen LogP contribution in [0.5, 0.6) is 5.75 Å². The molecule has 0 spiro atoms. The van der Waals surface area contributed by atoms with Crippen LogP contribution < -0.4 is 4.74 Å². The molecule has 0 radical (unpaired) electrons. The fourth-order valence-corrected chi connectivity index (χ4v) is 3.25. The maximum atomic E-state index is 5.40. The Morgan fingerprint density at radius 1 is 0.857 bits per heavy atom. The van der Waals surface area contributed by atoms with Crippen molar-refractivity contribution in [2.45, 2.75) is 13.1 Å². The van der Waals surface area contributed by atoms with Crippen molar-refractivity contribution >= 4 is 10.9 Å². The van der Waals surface area contributed by atoms with E-state index in [0.29, 0.717) is 5.82 Å². The average molecular weight is 370 g/mol. The van der Waals surface area contributed by atoms with Gasteiger partial charge in [0.05, 0.1) is 23.9 Å². The number of hydrogen-bond acceptors (Lipinski definition) is 5. The standard InChI is InChI=1S/C23H22N4O/c1-27(16-19-12-11-18-7-3-5-9-21(18)26-19)15-17-13-24-23(25-14-17)20-8-4-6-10-22(20)28-2/h3-14H,15-16H2,1-2H3. The number of rotatable bonds is 6. The summed E-state index contributed by atoms with van der Waals surface area (Å²) in [6.07, 6.45) is 3.75. The Kier molecular flexibility index (Phi) is 5.26. The van der Waals surface area contributed by atoms with E-state index in [-0.39, 0.29) is 0 Å². The van der Waals surface area contributed by atoms with E-state index in [1.807, 2.05) is 54.9 Å². The zero-order valence-corrected chi connectivity index (χ0v) is 16.0. The molecule has 0 saturated heterocycles. The minimum atomic E-state index is 0.667. The largest absolute Gasteiger partial charge is 0.496 e. The maximum Gasteiger partial charge on any atom is 0.162 e. The van der Waals surface area contributed by atoms with Gasteiger partial charge < -0.3 is 4.74 Å². The van der Waals surface area contributed by atoms with Crippen molar-refractivity contribution < 1.29 is 4.74 Å². The second-order valence-corrected chi connectivity index (χ2v) is 6.78. The Morgan fingerprint density at radius 2 is 1.61 bits per heavy atom. The van der Waals surface area contributed by atoms with Gasteiger partial charge in [0.1, 0.15) is 5.75 Å². The third-order valence-corrected chi connectivity index (χ3v) is 4.59. The molecule has 0 aliphatic heterocycles. The van der Waals surface area contributed by atoms with E-state index >= 15 is 0 Å². The summed E-state index contributed by atoms with van der Waals surface area (Å²) < 4.78 is 5.40. The van der Waals surface area contributed by atoms with Gasteiger partial charge in [-0.3, -0.25) is 9.88 Å². The first-order chi connectivity index (χ1) is 13.7. The summed E-state index contributed by atoms with van der Waals surface area (Å²) in [5.74, 6) is 1.44. The number of benzene rings is 2. The molecule has 0 aliphatic carbocycles. The van der Waals surface area contributed by atoms with Gasteiger partial charge in [-0.25, -0.2) is 9.97 Å². The van der Waals surface area contributed by atoms with Gasteiger partial charge in [-0.05, 0) is 31.3 Å². The summed E-state index contributed by atoms with van der Waals surface area (Å²) in [7, 11) is 3.73. The third kappa shape index (κ3) is 4.00. The van der Waals surface area contributed by atoms with E-state index in [2.05, 4.69) is 40.1 Å². The van der Waals surface area contributed by atoms with Gasteiger partial charge in [0, 0.05) is 36.4 Å². The third-order valence-electron chi connectivity index (χ3n) is 4.59. The van der Waals surface area contributed by atoms with Crippen LogP contribution in [0.25, 0.3) is 22.3 Å². The number of hydrogen-bond donors (Lipinski definition) is 0. The molecule has 0 amide bonds. The number of methoxy groups -OCH3 is 1. The van der Waals surface area contributed by atoms with Gasteiger partial charge in [-0.15, -0.1) is 0 Å². The highest BCUT2D eigenvalue weighted by Gasteiger charge is 2.09. The molecule has 28 heavy (non-hydrogen) atoms. The average Bonchev–Trinajstić information content (AvgIpc) is 2.74. The van der Waals surface area contributed by atoms with E-state index in [4.69, 9.17) is 9.72 Å². The lowest BCUT2D eigenvalue weighted by Gasteiger charge is -2.16. The van der Waals surface area contributed by atoms with Crippen LogP contribution in [0.15, 0.2) is 73.1 Å². The minimum Gasteiger partial charge on any atom is -0.496 e. The molecule has 4 rings (SSSR count). The van der Waals surface area contributed by atoms with Crippen LogP contribution in [0.3, 0.4) is 0 Å². The molecule has 0 aliphatic rings.